The average Bonchev–Trinajstić information content (AvgIpc) is 3.08. The lowest BCUT2D eigenvalue weighted by Crippen LogP contribution is -2.10. The van der Waals surface area contributed by atoms with E-state index in [2.05, 4.69) is 52.5 Å². The normalized spacial score (nSPS) is 12.3. The Morgan fingerprint density at radius 1 is 1.04 bits per heavy atom. The van der Waals surface area contributed by atoms with Crippen molar-refractivity contribution in [3.63, 3.8) is 0 Å². The van der Waals surface area contributed by atoms with Crippen molar-refractivity contribution >= 4 is 16.7 Å². The van der Waals surface area contributed by atoms with Crippen LogP contribution in [-0.2, 0) is 0 Å². The molecule has 0 amide bonds. The molecule has 130 valence electrons. The van der Waals surface area contributed by atoms with Gasteiger partial charge < -0.3 is 9.84 Å². The summed E-state index contributed by atoms with van der Waals surface area (Å²) in [5, 5.41) is 8.55. The zero-order valence-corrected chi connectivity index (χ0v) is 14.9. The number of rotatable bonds is 4. The molecule has 0 spiro atoms. The van der Waals surface area contributed by atoms with Gasteiger partial charge in [0.05, 0.1) is 22.8 Å². The van der Waals surface area contributed by atoms with Gasteiger partial charge in [-0.05, 0) is 43.7 Å². The van der Waals surface area contributed by atoms with Crippen molar-refractivity contribution in [2.45, 2.75) is 26.8 Å². The lowest BCUT2D eigenvalue weighted by Gasteiger charge is -2.16. The number of benzene rings is 1. The molecule has 1 N–H and O–H groups in total. The van der Waals surface area contributed by atoms with Crippen molar-refractivity contribution in [1.82, 2.24) is 20.1 Å². The third-order valence-corrected chi connectivity index (χ3v) is 4.23. The predicted octanol–water partition coefficient (Wildman–Crippen LogP) is 4.47. The molecule has 3 aromatic heterocycles. The maximum Gasteiger partial charge on any atom is 0.223 e. The van der Waals surface area contributed by atoms with Crippen molar-refractivity contribution in [3.8, 4) is 11.4 Å². The first kappa shape index (κ1) is 16.2. The van der Waals surface area contributed by atoms with Crippen LogP contribution in [0.4, 0.5) is 5.82 Å². The largest absolute Gasteiger partial charge is 0.361 e. The van der Waals surface area contributed by atoms with Crippen LogP contribution >= 0.6 is 0 Å². The van der Waals surface area contributed by atoms with Crippen molar-refractivity contribution in [2.24, 2.45) is 0 Å². The molecule has 0 saturated carbocycles. The summed E-state index contributed by atoms with van der Waals surface area (Å²) in [6.45, 7) is 5.88. The Morgan fingerprint density at radius 3 is 2.65 bits per heavy atom. The van der Waals surface area contributed by atoms with Gasteiger partial charge in [-0.25, -0.2) is 4.98 Å². The summed E-state index contributed by atoms with van der Waals surface area (Å²) in [7, 11) is 0. The SMILES string of the molecule is Cc1ccc2cc(-c3noc(C)n3)c(NC(C)c3ccccn3)nc2c1. The minimum absolute atomic E-state index is 0.0160. The van der Waals surface area contributed by atoms with Crippen molar-refractivity contribution in [1.29, 1.82) is 0 Å². The molecule has 1 unspecified atom stereocenters. The van der Waals surface area contributed by atoms with Crippen molar-refractivity contribution in [3.05, 3.63) is 65.8 Å². The molecule has 0 fully saturated rings. The second kappa shape index (κ2) is 6.55. The van der Waals surface area contributed by atoms with Gasteiger partial charge in [0.2, 0.25) is 11.7 Å². The lowest BCUT2D eigenvalue weighted by atomic mass is 10.1. The van der Waals surface area contributed by atoms with E-state index < -0.39 is 0 Å². The number of nitrogens with one attached hydrogen (secondary N) is 1. The zero-order valence-electron chi connectivity index (χ0n) is 14.9. The van der Waals surface area contributed by atoms with Gasteiger partial charge in [0.15, 0.2) is 0 Å². The molecule has 4 aromatic rings. The van der Waals surface area contributed by atoms with E-state index >= 15 is 0 Å². The van der Waals surface area contributed by atoms with E-state index in [0.29, 0.717) is 17.5 Å². The first-order valence-electron chi connectivity index (χ1n) is 8.50. The third-order valence-electron chi connectivity index (χ3n) is 4.23. The molecular weight excluding hydrogens is 326 g/mol. The maximum atomic E-state index is 5.17. The van der Waals surface area contributed by atoms with E-state index in [0.717, 1.165) is 27.7 Å². The van der Waals surface area contributed by atoms with Gasteiger partial charge in [-0.1, -0.05) is 23.4 Å². The molecule has 0 aliphatic heterocycles. The first-order chi connectivity index (χ1) is 12.6. The summed E-state index contributed by atoms with van der Waals surface area (Å²) in [6.07, 6.45) is 1.79. The minimum Gasteiger partial charge on any atom is -0.361 e. The Hall–Kier alpha value is -3.28. The number of nitrogens with zero attached hydrogens (tertiary/aromatic N) is 4. The van der Waals surface area contributed by atoms with E-state index in [1.54, 1.807) is 13.1 Å². The number of hydrogen-bond donors (Lipinski definition) is 1. The summed E-state index contributed by atoms with van der Waals surface area (Å²) in [5.74, 6) is 1.75. The lowest BCUT2D eigenvalue weighted by molar-refractivity contribution is 0.394. The molecule has 1 atom stereocenters. The average molecular weight is 345 g/mol. The molecule has 1 aromatic carbocycles. The van der Waals surface area contributed by atoms with Crippen molar-refractivity contribution < 1.29 is 4.52 Å². The fourth-order valence-electron chi connectivity index (χ4n) is 2.88. The van der Waals surface area contributed by atoms with Crippen LogP contribution in [0.1, 0.15) is 30.1 Å². The summed E-state index contributed by atoms with van der Waals surface area (Å²) < 4.78 is 5.17. The molecule has 0 saturated heterocycles. The molecule has 0 aliphatic carbocycles. The van der Waals surface area contributed by atoms with Crippen LogP contribution in [0.2, 0.25) is 0 Å². The second-order valence-corrected chi connectivity index (χ2v) is 6.34. The molecule has 6 nitrogen and oxygen atoms in total. The zero-order chi connectivity index (χ0) is 18.1. The predicted molar refractivity (Wildman–Crippen MR) is 101 cm³/mol. The number of aryl methyl sites for hydroxylation is 2. The Balaban J connectivity index is 1.82. The number of fused-ring (bicyclic) bond motifs is 1. The van der Waals surface area contributed by atoms with Gasteiger partial charge in [-0.3, -0.25) is 4.98 Å². The first-order valence-corrected chi connectivity index (χ1v) is 8.50. The smallest absolute Gasteiger partial charge is 0.223 e. The highest BCUT2D eigenvalue weighted by atomic mass is 16.5. The van der Waals surface area contributed by atoms with Crippen LogP contribution in [-0.4, -0.2) is 20.1 Å². The quantitative estimate of drug-likeness (QED) is 0.588. The Kier molecular flexibility index (Phi) is 4.08. The topological polar surface area (TPSA) is 76.7 Å². The standard InChI is InChI=1S/C20H19N5O/c1-12-7-8-15-11-16(20-23-14(3)26-25-20)19(24-18(15)10-12)22-13(2)17-6-4-5-9-21-17/h4-11,13H,1-3H3,(H,22,24). The fourth-order valence-corrected chi connectivity index (χ4v) is 2.88. The minimum atomic E-state index is -0.0160. The number of hydrogen-bond acceptors (Lipinski definition) is 6. The maximum absolute atomic E-state index is 5.17. The highest BCUT2D eigenvalue weighted by Crippen LogP contribution is 2.30. The van der Waals surface area contributed by atoms with Crippen LogP contribution < -0.4 is 5.32 Å². The van der Waals surface area contributed by atoms with E-state index in [1.165, 1.54) is 0 Å². The number of anilines is 1. The van der Waals surface area contributed by atoms with Gasteiger partial charge in [-0.15, -0.1) is 0 Å². The Bertz CT molecular complexity index is 1060. The molecule has 0 aliphatic rings. The van der Waals surface area contributed by atoms with Gasteiger partial charge in [0.25, 0.3) is 0 Å². The highest BCUT2D eigenvalue weighted by Gasteiger charge is 2.17. The Morgan fingerprint density at radius 2 is 1.92 bits per heavy atom. The second-order valence-electron chi connectivity index (χ2n) is 6.34. The monoisotopic (exact) mass is 345 g/mol. The van der Waals surface area contributed by atoms with E-state index in [9.17, 15) is 0 Å². The summed E-state index contributed by atoms with van der Waals surface area (Å²) in [4.78, 5) is 13.6. The van der Waals surface area contributed by atoms with E-state index in [1.807, 2.05) is 24.3 Å². The summed E-state index contributed by atoms with van der Waals surface area (Å²) >= 11 is 0. The van der Waals surface area contributed by atoms with Gasteiger partial charge in [0.1, 0.15) is 5.82 Å². The molecule has 0 radical (unpaired) electrons. The van der Waals surface area contributed by atoms with Gasteiger partial charge in [-0.2, -0.15) is 4.98 Å². The van der Waals surface area contributed by atoms with Crippen LogP contribution in [0.3, 0.4) is 0 Å². The van der Waals surface area contributed by atoms with Gasteiger partial charge >= 0.3 is 0 Å². The highest BCUT2D eigenvalue weighted by molar-refractivity contribution is 5.88. The molecule has 6 heteroatoms. The van der Waals surface area contributed by atoms with Crippen LogP contribution in [0.5, 0.6) is 0 Å². The summed E-state index contributed by atoms with van der Waals surface area (Å²) in [5.41, 5.74) is 3.83. The Labute approximate surface area is 151 Å². The third kappa shape index (κ3) is 3.13. The van der Waals surface area contributed by atoms with E-state index in [4.69, 9.17) is 9.51 Å². The van der Waals surface area contributed by atoms with E-state index in [-0.39, 0.29) is 6.04 Å². The van der Waals surface area contributed by atoms with Gasteiger partial charge in [0, 0.05) is 18.5 Å². The number of aromatic nitrogens is 4. The molecule has 0 bridgehead atoms. The molecule has 4 rings (SSSR count). The van der Waals surface area contributed by atoms with Crippen LogP contribution in [0.25, 0.3) is 22.3 Å². The molecule has 26 heavy (non-hydrogen) atoms. The van der Waals surface area contributed by atoms with Crippen molar-refractivity contribution in [2.75, 3.05) is 5.32 Å². The van der Waals surface area contributed by atoms with Crippen LogP contribution in [0.15, 0.2) is 53.2 Å². The summed E-state index contributed by atoms with van der Waals surface area (Å²) in [6, 6.07) is 14.1. The number of pyridine rings is 2. The van der Waals surface area contributed by atoms with Crippen LogP contribution in [0, 0.1) is 13.8 Å². The molecular formula is C20H19N5O. The molecule has 3 heterocycles. The fraction of sp³-hybridized carbons (Fsp3) is 0.200.